The van der Waals surface area contributed by atoms with Crippen molar-refractivity contribution in [2.24, 2.45) is 0 Å². The fraction of sp³-hybridized carbons (Fsp3) is 0.0583. The van der Waals surface area contributed by atoms with E-state index in [1.807, 2.05) is 6.07 Å². The predicted octanol–water partition coefficient (Wildman–Crippen LogP) is 27.4. The van der Waals surface area contributed by atoms with Gasteiger partial charge in [-0.3, -0.25) is 32.7 Å². The number of hydrogen-bond donors (Lipinski definition) is 4. The molecule has 0 aliphatic rings. The number of aromatic amines is 1. The zero-order chi connectivity index (χ0) is 106. The van der Waals surface area contributed by atoms with E-state index in [1.165, 1.54) is 224 Å². The third-order valence-corrected chi connectivity index (χ3v) is 20.3. The molecule has 5 aromatic heterocycles. The number of halogens is 24. The smallest absolute Gasteiger partial charge is 0.450 e. The highest BCUT2D eigenvalue weighted by Crippen LogP contribution is 2.40. The number of amides is 1. The number of carboxylic acids is 1. The monoisotopic (exact) mass is 2030 g/mol. The Hall–Kier alpha value is -18.5. The minimum absolute atomic E-state index is 0.00160. The number of nitrogens with zero attached hydrogens (tertiary/aromatic N) is 11. The zero-order valence-electron chi connectivity index (χ0n) is 73.6. The van der Waals surface area contributed by atoms with E-state index < -0.39 is 118 Å². The van der Waals surface area contributed by atoms with Crippen LogP contribution in [0.25, 0.3) is 89.6 Å². The number of nitrogen functional groups attached to an aromatic ring is 1. The van der Waals surface area contributed by atoms with Crippen LogP contribution < -0.4 is 11.1 Å². The average Bonchev–Trinajstić information content (AvgIpc) is 1.62. The molecule has 5 N–H and O–H groups in total. The van der Waals surface area contributed by atoms with E-state index in [0.717, 1.165) is 42.5 Å². The van der Waals surface area contributed by atoms with Gasteiger partial charge in [0.15, 0.2) is 46.5 Å². The van der Waals surface area contributed by atoms with Crippen LogP contribution in [0.4, 0.5) is 117 Å². The molecule has 5 heterocycles. The summed E-state index contributed by atoms with van der Waals surface area (Å²) in [5.74, 6) is -15.6. The molecule has 0 unspecified atom stereocenters. The van der Waals surface area contributed by atoms with E-state index in [2.05, 4.69) is 35.2 Å². The van der Waals surface area contributed by atoms with Crippen molar-refractivity contribution in [3.8, 4) is 34.9 Å². The van der Waals surface area contributed by atoms with Crippen molar-refractivity contribution in [1.82, 2.24) is 48.2 Å². The van der Waals surface area contributed by atoms with Gasteiger partial charge in [-0.25, -0.2) is 69.2 Å². The number of imidazole rings is 5. The molecule has 0 radical (unpaired) electrons. The van der Waals surface area contributed by atoms with Gasteiger partial charge in [0.2, 0.25) is 29.1 Å². The zero-order valence-corrected chi connectivity index (χ0v) is 73.6. The highest BCUT2D eigenvalue weighted by Gasteiger charge is 2.42. The number of nitriles is 2. The van der Waals surface area contributed by atoms with Crippen molar-refractivity contribution in [3.05, 3.63) is 436 Å². The number of fused-ring (bicyclic) bond motifs is 5. The predicted molar refractivity (Wildman–Crippen MR) is 490 cm³/mol. The van der Waals surface area contributed by atoms with Crippen molar-refractivity contribution in [2.45, 2.75) is 37.3 Å². The maximum absolute atomic E-state index is 14.0. The second-order valence-electron chi connectivity index (χ2n) is 30.0. The van der Waals surface area contributed by atoms with Crippen molar-refractivity contribution in [1.29, 1.82) is 10.5 Å². The minimum Gasteiger partial charge on any atom is -0.478 e. The maximum atomic E-state index is 14.0. The highest BCUT2D eigenvalue weighted by atomic mass is 19.4. The van der Waals surface area contributed by atoms with E-state index in [1.54, 1.807) is 78.9 Å². The molecule has 0 spiro atoms. The lowest BCUT2D eigenvalue weighted by Gasteiger charge is -2.12. The molecular formula is C103H62F24N14O5. The number of H-pyrrole nitrogens is 1. The van der Waals surface area contributed by atoms with Gasteiger partial charge >= 0.3 is 36.9 Å². The number of nitrogens with two attached hydrogens (primary N) is 1. The van der Waals surface area contributed by atoms with E-state index in [-0.39, 0.29) is 102 Å². The third-order valence-electron chi connectivity index (χ3n) is 20.3. The Balaban J connectivity index is 0.000000154. The number of nitrogens with one attached hydrogen (secondary N) is 2. The van der Waals surface area contributed by atoms with Crippen LogP contribution in [0, 0.1) is 75.0 Å². The lowest BCUT2D eigenvalue weighted by Crippen LogP contribution is -2.15. The minimum atomic E-state index is -4.69. The molecule has 19 nitrogen and oxygen atoms in total. The van der Waals surface area contributed by atoms with Crippen LogP contribution >= 0.6 is 0 Å². The van der Waals surface area contributed by atoms with Gasteiger partial charge in [-0.15, -0.1) is 0 Å². The lowest BCUT2D eigenvalue weighted by atomic mass is 10.0. The standard InChI is InChI=1S/C23H12F5N3.C21H12F5N3O.C15H9F3N2O2.C15H9F3N2O.C8H5F3N2.C8H5F2N.C7H5FO.C6H5F2N/c24-18-5-3-4-17(21(18)25)15(13-29)12-14-8-10-16(11-9-14)31-20-7-2-1-6-19(20)30-22(31)23(26,27)28;22-14-4-3-6-16(18(14)23)27-19(30)12-8-10-13(11-9-12)29-17-7-2-1-5-15(17)28-20(29)21(24,25)26;16-15(17,18)14-19-11-3-1-2-4-12(11)20(14)10-7-5-9(6-8-10)13(21)22;16-15(17,18)14-19-12-3-1-2-4-13(12)20(14)11-7-5-10(9-21)6-8-11;9-8(10,11)7-12-5-3-1-2-4-6(5)13-7;9-7-3-1-2-6(4-5-11)8(7)10;8-7-3-1-6(5-9)2-4-7;7-4-2-1-3-5(9)6(4)8/h1-12H;1-11H,(H,27,30);1-8H,(H,21,22);1-9H;1-4H,(H,12,13);1-3H,4H2;1-5H;1-3H,9H2/b15-12+;;;;;;;. The van der Waals surface area contributed by atoms with Gasteiger partial charge in [0.25, 0.3) is 5.91 Å². The first kappa shape index (κ1) is 106. The van der Waals surface area contributed by atoms with E-state index in [9.17, 15) is 130 Å². The Kier molecular flexibility index (Phi) is 33.4. The van der Waals surface area contributed by atoms with Crippen LogP contribution in [0.2, 0.25) is 0 Å². The molecule has 0 aliphatic carbocycles. The summed E-state index contributed by atoms with van der Waals surface area (Å²) >= 11 is 0. The first-order valence-electron chi connectivity index (χ1n) is 41.6. The molecular weight excluding hydrogens is 1970 g/mol. The van der Waals surface area contributed by atoms with Crippen molar-refractivity contribution < 1.29 is 130 Å². The fourth-order valence-corrected chi connectivity index (χ4v) is 13.6. The Morgan fingerprint density at radius 1 is 0.363 bits per heavy atom. The molecule has 146 heavy (non-hydrogen) atoms. The summed E-state index contributed by atoms with van der Waals surface area (Å²) in [7, 11) is 0. The quantitative estimate of drug-likeness (QED) is 0.0292. The second kappa shape index (κ2) is 45.9. The summed E-state index contributed by atoms with van der Waals surface area (Å²) in [6, 6.07) is 76.7. The fourth-order valence-electron chi connectivity index (χ4n) is 13.6. The summed E-state index contributed by atoms with van der Waals surface area (Å²) in [4.78, 5) is 64.1. The number of anilines is 2. The Morgan fingerprint density at radius 3 is 1.08 bits per heavy atom. The number of allylic oxidation sites excluding steroid dienone is 1. The Labute approximate surface area is 806 Å². The normalized spacial score (nSPS) is 11.4. The Bertz CT molecular complexity index is 7990. The largest absolute Gasteiger partial charge is 0.478 e. The van der Waals surface area contributed by atoms with Gasteiger partial charge in [-0.1, -0.05) is 109 Å². The summed E-state index contributed by atoms with van der Waals surface area (Å²) < 4.78 is 317. The number of aromatic nitrogens is 10. The van der Waals surface area contributed by atoms with Crippen LogP contribution in [0.5, 0.6) is 0 Å². The van der Waals surface area contributed by atoms with Crippen LogP contribution in [-0.4, -0.2) is 77.7 Å². The van der Waals surface area contributed by atoms with Crippen molar-refractivity contribution in [2.75, 3.05) is 11.1 Å². The van der Waals surface area contributed by atoms with Gasteiger partial charge in [0.05, 0.1) is 96.2 Å². The first-order valence-corrected chi connectivity index (χ1v) is 41.6. The molecule has 43 heteroatoms. The topological polar surface area (TPSA) is 274 Å². The highest BCUT2D eigenvalue weighted by molar-refractivity contribution is 6.04. The molecule has 0 aliphatic heterocycles. The number of aldehydes is 2. The van der Waals surface area contributed by atoms with E-state index in [4.69, 9.17) is 16.1 Å². The Morgan fingerprint density at radius 2 is 0.705 bits per heavy atom. The number of carbonyl (C=O) groups is 4. The molecule has 0 saturated carbocycles. The number of hydrogen-bond acceptors (Lipinski definition) is 12. The molecule has 19 rings (SSSR count). The maximum Gasteiger partial charge on any atom is 0.450 e. The summed E-state index contributed by atoms with van der Waals surface area (Å²) in [6.45, 7) is 0. The van der Waals surface area contributed by atoms with E-state index >= 15 is 0 Å². The molecule has 742 valence electrons. The molecule has 19 aromatic rings. The number of para-hydroxylation sites is 10. The van der Waals surface area contributed by atoms with Crippen LogP contribution in [-0.2, 0) is 37.3 Å². The van der Waals surface area contributed by atoms with Crippen molar-refractivity contribution in [3.63, 3.8) is 0 Å². The molecule has 0 saturated heterocycles. The number of alkyl halides is 15. The average molecular weight is 2030 g/mol. The SMILES string of the molecule is FC(F)(F)c1nc2ccccc2[nH]1.N#C/C(=C\c1ccc(-n2c(C(F)(F)F)nc3ccccc32)cc1)c1cccc(F)c1F.N#CCc1cccc(F)c1F.Nc1cccc(F)c1F.O=C(Nc1cccc(F)c1F)c1ccc(-n2c(C(F)(F)F)nc3ccccc32)cc1.O=C(O)c1ccc(-n2c(C(F)(F)F)nc3ccccc32)cc1.O=Cc1ccc(-n2c(C(F)(F)F)nc3ccccc32)cc1.O=Cc1ccc(F)cc1. The summed E-state index contributed by atoms with van der Waals surface area (Å²) in [6.07, 6.45) is -20.4. The van der Waals surface area contributed by atoms with Crippen LogP contribution in [0.15, 0.2) is 315 Å². The molecule has 14 aromatic carbocycles. The van der Waals surface area contributed by atoms with Gasteiger partial charge in [-0.05, 0) is 218 Å². The molecule has 1 amide bonds. The van der Waals surface area contributed by atoms with Gasteiger partial charge in [0.1, 0.15) is 18.4 Å². The number of carbonyl (C=O) groups excluding carboxylic acids is 3. The molecule has 0 atom stereocenters. The van der Waals surface area contributed by atoms with E-state index in [0.29, 0.717) is 57.0 Å². The first-order chi connectivity index (χ1) is 69.3. The van der Waals surface area contributed by atoms with Gasteiger partial charge < -0.3 is 21.1 Å². The third kappa shape index (κ3) is 26.0. The summed E-state index contributed by atoms with van der Waals surface area (Å²) in [5, 5.41) is 28.7. The number of carboxylic acid groups (broad SMARTS) is 1. The number of aromatic carboxylic acids is 1. The lowest BCUT2D eigenvalue weighted by molar-refractivity contribution is -0.146. The number of rotatable bonds is 12. The summed E-state index contributed by atoms with van der Waals surface area (Å²) in [5.41, 5.74) is 9.34. The molecule has 0 bridgehead atoms. The van der Waals surface area contributed by atoms with Crippen LogP contribution in [0.1, 0.15) is 87.2 Å². The van der Waals surface area contributed by atoms with Gasteiger partial charge in [-0.2, -0.15) is 76.4 Å². The van der Waals surface area contributed by atoms with Crippen LogP contribution in [0.3, 0.4) is 0 Å². The number of benzene rings is 14. The molecule has 0 fully saturated rings. The van der Waals surface area contributed by atoms with Gasteiger partial charge in [0, 0.05) is 50.6 Å². The van der Waals surface area contributed by atoms with Crippen molar-refractivity contribution >= 4 is 103 Å². The second-order valence-corrected chi connectivity index (χ2v) is 30.0.